The van der Waals surface area contributed by atoms with Crippen LogP contribution in [-0.4, -0.2) is 65.4 Å². The maximum atomic E-state index is 11.7. The number of ether oxygens (including phenoxy) is 3. The van der Waals surface area contributed by atoms with E-state index < -0.39 is 0 Å². The molecule has 11 heteroatoms. The standard InChI is InChI=1S/C22H28N6O5/c1-30-17-11-15(12-18(31-2)20(17)32-3)19(27-8-6-14(7-9-27)21(23)29)22-24-25-26-28(22)13-16-5-4-10-33-16/h4-5,10-12,14,19H,6-9,13H2,1-3H3,(H2,23,29)/t19-/m1/s1. The molecule has 33 heavy (non-hydrogen) atoms. The van der Waals surface area contributed by atoms with Gasteiger partial charge in [0.25, 0.3) is 0 Å². The first kappa shape index (κ1) is 22.6. The van der Waals surface area contributed by atoms with Crippen LogP contribution < -0.4 is 19.9 Å². The topological polar surface area (TPSA) is 131 Å². The van der Waals surface area contributed by atoms with E-state index in [1.165, 1.54) is 0 Å². The lowest BCUT2D eigenvalue weighted by molar-refractivity contribution is -0.123. The first-order valence-electron chi connectivity index (χ1n) is 10.7. The summed E-state index contributed by atoms with van der Waals surface area (Å²) in [5.41, 5.74) is 6.42. The summed E-state index contributed by atoms with van der Waals surface area (Å²) in [4.78, 5) is 13.9. The van der Waals surface area contributed by atoms with Crippen LogP contribution in [0.25, 0.3) is 0 Å². The molecule has 0 bridgehead atoms. The van der Waals surface area contributed by atoms with Crippen molar-refractivity contribution in [2.75, 3.05) is 34.4 Å². The van der Waals surface area contributed by atoms with E-state index in [0.717, 1.165) is 11.3 Å². The van der Waals surface area contributed by atoms with Gasteiger partial charge in [0.05, 0.1) is 33.6 Å². The normalized spacial score (nSPS) is 15.8. The number of piperidine rings is 1. The molecule has 0 aliphatic carbocycles. The van der Waals surface area contributed by atoms with Crippen molar-refractivity contribution < 1.29 is 23.4 Å². The number of carbonyl (C=O) groups is 1. The molecule has 3 heterocycles. The molecule has 1 aliphatic rings. The minimum Gasteiger partial charge on any atom is -0.493 e. The quantitative estimate of drug-likeness (QED) is 0.510. The summed E-state index contributed by atoms with van der Waals surface area (Å²) in [5, 5.41) is 12.5. The zero-order valence-electron chi connectivity index (χ0n) is 18.9. The SMILES string of the molecule is COc1cc([C@H](c2nnnn2Cc2ccco2)N2CCC(C(N)=O)CC2)cc(OC)c1OC. The number of methoxy groups -OCH3 is 3. The van der Waals surface area contributed by atoms with E-state index in [2.05, 4.69) is 20.4 Å². The lowest BCUT2D eigenvalue weighted by atomic mass is 9.93. The molecule has 11 nitrogen and oxygen atoms in total. The zero-order valence-corrected chi connectivity index (χ0v) is 18.9. The molecule has 1 fully saturated rings. The van der Waals surface area contributed by atoms with Gasteiger partial charge in [0.1, 0.15) is 12.3 Å². The van der Waals surface area contributed by atoms with Gasteiger partial charge in [-0.25, -0.2) is 4.68 Å². The molecule has 3 aromatic rings. The molecule has 2 N–H and O–H groups in total. The number of amides is 1. The predicted octanol–water partition coefficient (Wildman–Crippen LogP) is 1.63. The summed E-state index contributed by atoms with van der Waals surface area (Å²) in [5.74, 6) is 2.55. The van der Waals surface area contributed by atoms with Crippen LogP contribution in [-0.2, 0) is 11.3 Å². The Bertz CT molecular complexity index is 1050. The Labute approximate surface area is 191 Å². The van der Waals surface area contributed by atoms with Gasteiger partial charge < -0.3 is 24.4 Å². The highest BCUT2D eigenvalue weighted by atomic mass is 16.5. The van der Waals surface area contributed by atoms with Crippen molar-refractivity contribution in [2.45, 2.75) is 25.4 Å². The van der Waals surface area contributed by atoms with Crippen molar-refractivity contribution in [1.82, 2.24) is 25.1 Å². The fourth-order valence-electron chi connectivity index (χ4n) is 4.29. The van der Waals surface area contributed by atoms with Crippen molar-refractivity contribution in [3.05, 3.63) is 47.7 Å². The predicted molar refractivity (Wildman–Crippen MR) is 117 cm³/mol. The molecule has 0 radical (unpaired) electrons. The number of benzene rings is 1. The summed E-state index contributed by atoms with van der Waals surface area (Å²) >= 11 is 0. The van der Waals surface area contributed by atoms with Crippen LogP contribution in [0.5, 0.6) is 17.2 Å². The molecule has 4 rings (SSSR count). The van der Waals surface area contributed by atoms with Crippen molar-refractivity contribution in [3.63, 3.8) is 0 Å². The van der Waals surface area contributed by atoms with Crippen molar-refractivity contribution >= 4 is 5.91 Å². The first-order valence-corrected chi connectivity index (χ1v) is 10.7. The van der Waals surface area contributed by atoms with Gasteiger partial charge in [-0.15, -0.1) is 5.10 Å². The molecule has 1 aliphatic heterocycles. The molecule has 1 atom stereocenters. The molecule has 0 unspecified atom stereocenters. The van der Waals surface area contributed by atoms with Gasteiger partial charge in [-0.3, -0.25) is 9.69 Å². The second kappa shape index (κ2) is 9.90. The van der Waals surface area contributed by atoms with E-state index in [4.69, 9.17) is 24.4 Å². The van der Waals surface area contributed by atoms with Gasteiger partial charge in [0, 0.05) is 5.92 Å². The Balaban J connectivity index is 1.77. The smallest absolute Gasteiger partial charge is 0.220 e. The Morgan fingerprint density at radius 2 is 1.88 bits per heavy atom. The number of tetrazole rings is 1. The van der Waals surface area contributed by atoms with Crippen LogP contribution in [0, 0.1) is 5.92 Å². The van der Waals surface area contributed by atoms with E-state index in [9.17, 15) is 4.79 Å². The van der Waals surface area contributed by atoms with Crippen LogP contribution in [0.2, 0.25) is 0 Å². The fraction of sp³-hybridized carbons (Fsp3) is 0.455. The second-order valence-electron chi connectivity index (χ2n) is 7.85. The van der Waals surface area contributed by atoms with Gasteiger partial charge >= 0.3 is 0 Å². The van der Waals surface area contributed by atoms with E-state index in [1.54, 1.807) is 32.3 Å². The number of furan rings is 1. The number of likely N-dealkylation sites (tertiary alicyclic amines) is 1. The van der Waals surface area contributed by atoms with E-state index in [-0.39, 0.29) is 17.9 Å². The Morgan fingerprint density at radius 1 is 1.18 bits per heavy atom. The minimum absolute atomic E-state index is 0.138. The summed E-state index contributed by atoms with van der Waals surface area (Å²) in [6.07, 6.45) is 2.94. The van der Waals surface area contributed by atoms with Crippen LogP contribution in [0.15, 0.2) is 34.9 Å². The number of primary amides is 1. The lowest BCUT2D eigenvalue weighted by Crippen LogP contribution is -2.41. The average Bonchev–Trinajstić information content (AvgIpc) is 3.51. The molecule has 1 amide bonds. The Morgan fingerprint density at radius 3 is 2.42 bits per heavy atom. The molecule has 2 aromatic heterocycles. The summed E-state index contributed by atoms with van der Waals surface area (Å²) in [7, 11) is 4.72. The summed E-state index contributed by atoms with van der Waals surface area (Å²) in [6.45, 7) is 1.69. The Kier molecular flexibility index (Phi) is 6.78. The van der Waals surface area contributed by atoms with E-state index in [0.29, 0.717) is 55.5 Å². The summed E-state index contributed by atoms with van der Waals surface area (Å²) in [6, 6.07) is 7.18. The first-order chi connectivity index (χ1) is 16.0. The van der Waals surface area contributed by atoms with Gasteiger partial charge in [-0.05, 0) is 66.2 Å². The number of hydrogen-bond acceptors (Lipinski definition) is 9. The number of aromatic nitrogens is 4. The summed E-state index contributed by atoms with van der Waals surface area (Å²) < 4.78 is 23.9. The molecule has 0 saturated carbocycles. The highest BCUT2D eigenvalue weighted by Crippen LogP contribution is 2.42. The van der Waals surface area contributed by atoms with Crippen molar-refractivity contribution in [2.24, 2.45) is 11.7 Å². The van der Waals surface area contributed by atoms with Crippen LogP contribution in [0.3, 0.4) is 0 Å². The van der Waals surface area contributed by atoms with Gasteiger partial charge in [0.2, 0.25) is 11.7 Å². The van der Waals surface area contributed by atoms with E-state index in [1.807, 2.05) is 24.3 Å². The minimum atomic E-state index is -0.322. The van der Waals surface area contributed by atoms with Crippen LogP contribution >= 0.6 is 0 Å². The molecule has 1 saturated heterocycles. The number of nitrogens with zero attached hydrogens (tertiary/aromatic N) is 5. The van der Waals surface area contributed by atoms with Crippen LogP contribution in [0.4, 0.5) is 0 Å². The molecule has 0 spiro atoms. The third-order valence-corrected chi connectivity index (χ3v) is 5.99. The maximum Gasteiger partial charge on any atom is 0.220 e. The highest BCUT2D eigenvalue weighted by Gasteiger charge is 2.34. The number of hydrogen-bond donors (Lipinski definition) is 1. The van der Waals surface area contributed by atoms with Crippen LogP contribution in [0.1, 0.15) is 36.0 Å². The van der Waals surface area contributed by atoms with Gasteiger partial charge in [0.15, 0.2) is 17.3 Å². The second-order valence-corrected chi connectivity index (χ2v) is 7.85. The average molecular weight is 457 g/mol. The third kappa shape index (κ3) is 4.63. The number of rotatable bonds is 9. The highest BCUT2D eigenvalue weighted by molar-refractivity contribution is 5.76. The van der Waals surface area contributed by atoms with Crippen molar-refractivity contribution in [1.29, 1.82) is 0 Å². The fourth-order valence-corrected chi connectivity index (χ4v) is 4.29. The van der Waals surface area contributed by atoms with Gasteiger partial charge in [-0.1, -0.05) is 0 Å². The van der Waals surface area contributed by atoms with Crippen molar-refractivity contribution in [3.8, 4) is 17.2 Å². The molecule has 176 valence electrons. The largest absolute Gasteiger partial charge is 0.493 e. The molecular formula is C22H28N6O5. The Hall–Kier alpha value is -3.60. The molecule has 1 aromatic carbocycles. The maximum absolute atomic E-state index is 11.7. The number of carbonyl (C=O) groups excluding carboxylic acids is 1. The lowest BCUT2D eigenvalue weighted by Gasteiger charge is -2.36. The van der Waals surface area contributed by atoms with E-state index >= 15 is 0 Å². The molecular weight excluding hydrogens is 428 g/mol. The monoisotopic (exact) mass is 456 g/mol. The zero-order chi connectivity index (χ0) is 23.4. The van der Waals surface area contributed by atoms with Gasteiger partial charge in [-0.2, -0.15) is 0 Å². The third-order valence-electron chi connectivity index (χ3n) is 5.99. The number of nitrogens with two attached hydrogens (primary N) is 1.